The number of pyridine rings is 1. The van der Waals surface area contributed by atoms with E-state index in [2.05, 4.69) is 20.3 Å². The second kappa shape index (κ2) is 10.7. The summed E-state index contributed by atoms with van der Waals surface area (Å²) in [5.41, 5.74) is 8.52. The van der Waals surface area contributed by atoms with Crippen LogP contribution in [0.1, 0.15) is 32.0 Å². The van der Waals surface area contributed by atoms with Gasteiger partial charge < -0.3 is 19.9 Å². The summed E-state index contributed by atoms with van der Waals surface area (Å²) in [5.74, 6) is 1.49. The molecule has 2 aromatic heterocycles. The molecule has 0 unspecified atom stereocenters. The molecule has 0 aliphatic rings. The van der Waals surface area contributed by atoms with E-state index in [0.717, 1.165) is 11.1 Å². The van der Waals surface area contributed by atoms with Gasteiger partial charge in [0.2, 0.25) is 0 Å². The number of hydrogen-bond acceptors (Lipinski definition) is 8. The van der Waals surface area contributed by atoms with E-state index in [-0.39, 0.29) is 0 Å². The average molecular weight is 452 g/mol. The standard InChI is InChI=1S/C24H29N5O4/c1-24(2,3)33-23(30)29-20-8-5-7-17(28-20)15-32-12-9-16-13-18(21(31-4)19(25)14-16)22-26-10-6-11-27-22/h5-8,10-11,13-14H,9,12,15,25H2,1-4H3,(H,28,29,30). The fourth-order valence-electron chi connectivity index (χ4n) is 3.09. The van der Waals surface area contributed by atoms with Gasteiger partial charge in [-0.2, -0.15) is 0 Å². The first-order valence-corrected chi connectivity index (χ1v) is 10.5. The van der Waals surface area contributed by atoms with E-state index >= 15 is 0 Å². The predicted molar refractivity (Wildman–Crippen MR) is 126 cm³/mol. The molecule has 2 heterocycles. The topological polar surface area (TPSA) is 121 Å². The Morgan fingerprint density at radius 2 is 1.88 bits per heavy atom. The Morgan fingerprint density at radius 3 is 2.58 bits per heavy atom. The number of nitrogens with one attached hydrogen (secondary N) is 1. The Balaban J connectivity index is 1.58. The lowest BCUT2D eigenvalue weighted by Crippen LogP contribution is -2.27. The van der Waals surface area contributed by atoms with Crippen molar-refractivity contribution in [3.05, 3.63) is 60.0 Å². The number of amides is 1. The van der Waals surface area contributed by atoms with Crippen LogP contribution in [0.4, 0.5) is 16.3 Å². The van der Waals surface area contributed by atoms with Gasteiger partial charge in [0.05, 0.1) is 37.3 Å². The van der Waals surface area contributed by atoms with E-state index in [4.69, 9.17) is 19.9 Å². The van der Waals surface area contributed by atoms with Gasteiger partial charge in [-0.05, 0) is 63.1 Å². The number of benzene rings is 1. The van der Waals surface area contributed by atoms with Gasteiger partial charge in [-0.15, -0.1) is 0 Å². The zero-order valence-electron chi connectivity index (χ0n) is 19.3. The van der Waals surface area contributed by atoms with Crippen molar-refractivity contribution in [2.75, 3.05) is 24.8 Å². The van der Waals surface area contributed by atoms with E-state index in [1.54, 1.807) is 58.5 Å². The second-order valence-electron chi connectivity index (χ2n) is 8.28. The summed E-state index contributed by atoms with van der Waals surface area (Å²) in [4.78, 5) is 24.9. The Kier molecular flexibility index (Phi) is 7.78. The number of aromatic nitrogens is 3. The molecule has 0 aliphatic carbocycles. The third-order valence-corrected chi connectivity index (χ3v) is 4.41. The number of nitrogens with zero attached hydrogens (tertiary/aromatic N) is 3. The van der Waals surface area contributed by atoms with Crippen LogP contribution in [-0.2, 0) is 22.5 Å². The van der Waals surface area contributed by atoms with Gasteiger partial charge in [-0.3, -0.25) is 5.32 Å². The number of carbonyl (C=O) groups excluding carboxylic acids is 1. The number of hydrogen-bond donors (Lipinski definition) is 2. The normalized spacial score (nSPS) is 11.2. The molecule has 1 amide bonds. The molecule has 9 heteroatoms. The van der Waals surface area contributed by atoms with Crippen LogP contribution in [0.5, 0.6) is 5.75 Å². The van der Waals surface area contributed by atoms with Crippen molar-refractivity contribution in [3.63, 3.8) is 0 Å². The molecule has 0 saturated heterocycles. The molecule has 3 rings (SSSR count). The number of nitrogen functional groups attached to an aromatic ring is 1. The Labute approximate surface area is 193 Å². The summed E-state index contributed by atoms with van der Waals surface area (Å²) in [5, 5.41) is 2.63. The summed E-state index contributed by atoms with van der Waals surface area (Å²) in [7, 11) is 1.57. The highest BCUT2D eigenvalue weighted by Crippen LogP contribution is 2.34. The molecule has 3 N–H and O–H groups in total. The van der Waals surface area contributed by atoms with Crippen LogP contribution in [0.15, 0.2) is 48.8 Å². The fourth-order valence-corrected chi connectivity index (χ4v) is 3.09. The van der Waals surface area contributed by atoms with Gasteiger partial charge in [0.1, 0.15) is 11.4 Å². The van der Waals surface area contributed by atoms with Crippen LogP contribution in [-0.4, -0.2) is 40.4 Å². The minimum atomic E-state index is -0.581. The monoisotopic (exact) mass is 451 g/mol. The summed E-state index contributed by atoms with van der Waals surface area (Å²) >= 11 is 0. The number of methoxy groups -OCH3 is 1. The first kappa shape index (κ1) is 23.9. The summed E-state index contributed by atoms with van der Waals surface area (Å²) < 4.78 is 16.5. The lowest BCUT2D eigenvalue weighted by molar-refractivity contribution is 0.0635. The molecule has 0 saturated carbocycles. The van der Waals surface area contributed by atoms with E-state index in [1.807, 2.05) is 18.2 Å². The maximum atomic E-state index is 11.9. The molecular weight excluding hydrogens is 422 g/mol. The van der Waals surface area contributed by atoms with Crippen molar-refractivity contribution in [2.24, 2.45) is 0 Å². The van der Waals surface area contributed by atoms with Crippen molar-refractivity contribution in [2.45, 2.75) is 39.4 Å². The number of ether oxygens (including phenoxy) is 3. The van der Waals surface area contributed by atoms with E-state index in [9.17, 15) is 4.79 Å². The van der Waals surface area contributed by atoms with Crippen LogP contribution in [0, 0.1) is 0 Å². The Morgan fingerprint density at radius 1 is 1.12 bits per heavy atom. The molecule has 0 bridgehead atoms. The highest BCUT2D eigenvalue weighted by Gasteiger charge is 2.17. The lowest BCUT2D eigenvalue weighted by Gasteiger charge is -2.19. The molecule has 9 nitrogen and oxygen atoms in total. The van der Waals surface area contributed by atoms with Crippen LogP contribution in [0.3, 0.4) is 0 Å². The smallest absolute Gasteiger partial charge is 0.413 e. The molecule has 3 aromatic rings. The average Bonchev–Trinajstić information content (AvgIpc) is 2.76. The number of nitrogens with two attached hydrogens (primary N) is 1. The van der Waals surface area contributed by atoms with Crippen molar-refractivity contribution in [1.82, 2.24) is 15.0 Å². The number of carbonyl (C=O) groups is 1. The van der Waals surface area contributed by atoms with Gasteiger partial charge in [0.25, 0.3) is 0 Å². The Bertz CT molecular complexity index is 1080. The molecule has 1 aromatic carbocycles. The molecule has 174 valence electrons. The predicted octanol–water partition coefficient (Wildman–Crippen LogP) is 4.24. The zero-order chi connectivity index (χ0) is 23.8. The maximum absolute atomic E-state index is 11.9. The van der Waals surface area contributed by atoms with Crippen molar-refractivity contribution in [3.8, 4) is 17.1 Å². The van der Waals surface area contributed by atoms with E-state index in [0.29, 0.717) is 48.4 Å². The largest absolute Gasteiger partial charge is 0.494 e. The molecular formula is C24H29N5O4. The minimum absolute atomic E-state index is 0.296. The van der Waals surface area contributed by atoms with Crippen LogP contribution in [0.25, 0.3) is 11.4 Å². The molecule has 0 fully saturated rings. The quantitative estimate of drug-likeness (QED) is 0.385. The van der Waals surface area contributed by atoms with Gasteiger partial charge in [-0.1, -0.05) is 6.07 Å². The molecule has 0 aliphatic heterocycles. The molecule has 0 radical (unpaired) electrons. The van der Waals surface area contributed by atoms with E-state index in [1.165, 1.54) is 0 Å². The molecule has 33 heavy (non-hydrogen) atoms. The van der Waals surface area contributed by atoms with Crippen molar-refractivity contribution in [1.29, 1.82) is 0 Å². The minimum Gasteiger partial charge on any atom is -0.494 e. The van der Waals surface area contributed by atoms with Crippen LogP contribution >= 0.6 is 0 Å². The summed E-state index contributed by atoms with van der Waals surface area (Å²) in [6.07, 6.45) is 3.42. The first-order chi connectivity index (χ1) is 15.7. The van der Waals surface area contributed by atoms with Crippen LogP contribution in [0.2, 0.25) is 0 Å². The van der Waals surface area contributed by atoms with Crippen LogP contribution < -0.4 is 15.8 Å². The van der Waals surface area contributed by atoms with Gasteiger partial charge in [0.15, 0.2) is 11.6 Å². The second-order valence-corrected chi connectivity index (χ2v) is 8.28. The van der Waals surface area contributed by atoms with Crippen molar-refractivity contribution >= 4 is 17.6 Å². The highest BCUT2D eigenvalue weighted by molar-refractivity contribution is 5.83. The Hall–Kier alpha value is -3.72. The van der Waals surface area contributed by atoms with Gasteiger partial charge in [-0.25, -0.2) is 19.7 Å². The maximum Gasteiger partial charge on any atom is 0.413 e. The SMILES string of the molecule is COc1c(N)cc(CCOCc2cccc(NC(=O)OC(C)(C)C)n2)cc1-c1ncccn1. The first-order valence-electron chi connectivity index (χ1n) is 10.5. The summed E-state index contributed by atoms with van der Waals surface area (Å²) in [6.45, 7) is 6.15. The fraction of sp³-hybridized carbons (Fsp3) is 0.333. The third-order valence-electron chi connectivity index (χ3n) is 4.41. The lowest BCUT2D eigenvalue weighted by atomic mass is 10.0. The van der Waals surface area contributed by atoms with Crippen molar-refractivity contribution < 1.29 is 19.0 Å². The molecule has 0 atom stereocenters. The number of anilines is 2. The summed E-state index contributed by atoms with van der Waals surface area (Å²) in [6, 6.07) is 10.9. The number of rotatable bonds is 8. The highest BCUT2D eigenvalue weighted by atomic mass is 16.6. The van der Waals surface area contributed by atoms with E-state index < -0.39 is 11.7 Å². The van der Waals surface area contributed by atoms with Gasteiger partial charge in [0, 0.05) is 12.4 Å². The zero-order valence-corrected chi connectivity index (χ0v) is 19.3. The van der Waals surface area contributed by atoms with Gasteiger partial charge >= 0.3 is 6.09 Å². The molecule has 0 spiro atoms. The third kappa shape index (κ3) is 7.15.